The minimum atomic E-state index is -0.125. The van der Waals surface area contributed by atoms with Crippen molar-refractivity contribution in [2.75, 3.05) is 0 Å². The number of pyridine rings is 1. The average Bonchev–Trinajstić information content (AvgIpc) is 3.41. The van der Waals surface area contributed by atoms with Crippen LogP contribution >= 0.6 is 11.3 Å². The molecule has 0 saturated heterocycles. The van der Waals surface area contributed by atoms with Gasteiger partial charge in [0, 0.05) is 31.1 Å². The molecule has 1 N–H and O–H groups in total. The van der Waals surface area contributed by atoms with E-state index in [1.54, 1.807) is 11.3 Å². The smallest absolute Gasteiger partial charge is 0.155 e. The maximum atomic E-state index is 10.0. The number of carbonyl (C=O) groups is 1. The topological polar surface area (TPSA) is 50.2 Å². The quantitative estimate of drug-likeness (QED) is 0.108. The van der Waals surface area contributed by atoms with Crippen LogP contribution in [0.4, 0.5) is 0 Å². The molecule has 217 valence electrons. The summed E-state index contributed by atoms with van der Waals surface area (Å²) in [5, 5.41) is 8.36. The Kier molecular flexibility index (Phi) is 10.6. The Bertz CT molecular complexity index is 1870. The van der Waals surface area contributed by atoms with Crippen molar-refractivity contribution >= 4 is 27.3 Å². The zero-order valence-corrected chi connectivity index (χ0v) is 27.7. The Morgan fingerprint density at radius 3 is 2.07 bits per heavy atom. The van der Waals surface area contributed by atoms with E-state index in [1.807, 2.05) is 12.1 Å². The number of nitrogens with zero attached hydrogens (tertiary/aromatic N) is 1. The molecule has 0 fully saturated rings. The van der Waals surface area contributed by atoms with Gasteiger partial charge in [0.25, 0.3) is 0 Å². The fraction of sp³-hybridized carbons (Fsp3) is 0.105. The van der Waals surface area contributed by atoms with Gasteiger partial charge in [-0.15, -0.1) is 46.7 Å². The van der Waals surface area contributed by atoms with Crippen LogP contribution in [0.25, 0.3) is 54.2 Å². The zero-order valence-electron chi connectivity index (χ0n) is 24.5. The first-order valence-corrected chi connectivity index (χ1v) is 14.6. The SMILES string of the molecule is CC(=O)/C=C(/C)O.Cc1cccc(C)c1-c1ccc(-c2cc3nc(-c4[c-]ccc(-c5ccccc5)c4)ccc3s2)cc1.[Ir]. The van der Waals surface area contributed by atoms with Gasteiger partial charge in [0.15, 0.2) is 5.78 Å². The summed E-state index contributed by atoms with van der Waals surface area (Å²) in [4.78, 5) is 16.2. The summed E-state index contributed by atoms with van der Waals surface area (Å²) in [5.74, 6) is -0.0625. The van der Waals surface area contributed by atoms with E-state index in [4.69, 9.17) is 10.1 Å². The number of rotatable bonds is 5. The van der Waals surface area contributed by atoms with E-state index in [9.17, 15) is 4.79 Å². The van der Waals surface area contributed by atoms with Crippen molar-refractivity contribution in [1.82, 2.24) is 4.98 Å². The van der Waals surface area contributed by atoms with Crippen LogP contribution in [0.5, 0.6) is 0 Å². The van der Waals surface area contributed by atoms with Crippen molar-refractivity contribution in [2.45, 2.75) is 27.7 Å². The summed E-state index contributed by atoms with van der Waals surface area (Å²) in [6.07, 6.45) is 1.17. The molecule has 0 aliphatic heterocycles. The molecule has 6 aromatic rings. The maximum absolute atomic E-state index is 10.0. The number of hydrogen-bond acceptors (Lipinski definition) is 4. The minimum absolute atomic E-state index is 0. The molecule has 0 unspecified atom stereocenters. The van der Waals surface area contributed by atoms with Crippen molar-refractivity contribution < 1.29 is 30.0 Å². The third-order valence-corrected chi connectivity index (χ3v) is 8.05. The molecule has 0 amide bonds. The molecule has 1 radical (unpaired) electrons. The van der Waals surface area contributed by atoms with E-state index >= 15 is 0 Å². The fourth-order valence-corrected chi connectivity index (χ4v) is 6.01. The molecule has 2 aromatic heterocycles. The van der Waals surface area contributed by atoms with Crippen LogP contribution in [-0.2, 0) is 24.9 Å². The average molecular weight is 759 g/mol. The van der Waals surface area contributed by atoms with E-state index < -0.39 is 0 Å². The largest absolute Gasteiger partial charge is 0.512 e. The van der Waals surface area contributed by atoms with Gasteiger partial charge in [0.2, 0.25) is 0 Å². The number of carbonyl (C=O) groups excluding carboxylic acids is 1. The summed E-state index contributed by atoms with van der Waals surface area (Å²) in [5.41, 5.74) is 11.8. The maximum Gasteiger partial charge on any atom is 0.155 e. The summed E-state index contributed by atoms with van der Waals surface area (Å²) in [6, 6.07) is 42.0. The van der Waals surface area contributed by atoms with Crippen LogP contribution in [0.3, 0.4) is 0 Å². The molecule has 3 nitrogen and oxygen atoms in total. The molecule has 6 rings (SSSR count). The van der Waals surface area contributed by atoms with Gasteiger partial charge in [-0.05, 0) is 78.9 Å². The number of allylic oxidation sites excluding steroid dienone is 2. The van der Waals surface area contributed by atoms with Crippen LogP contribution in [0, 0.1) is 19.9 Å². The van der Waals surface area contributed by atoms with Crippen molar-refractivity contribution in [3.05, 3.63) is 138 Å². The molecular formula is C38H32IrNO2S-. The van der Waals surface area contributed by atoms with E-state index in [2.05, 4.69) is 117 Å². The standard InChI is InChI=1S/C33H24NS.C5H8O2.Ir/c1-22-8-6-9-23(2)33(22)26-16-14-25(15-17-26)32-21-30-31(35-32)19-18-29(34-30)28-13-7-12-27(20-28)24-10-4-3-5-11-24;1-4(6)3-5(2)7;/h3-12,14-21H,1-2H3;3,6H,1-2H3;/q-1;;/b;4-3-;. The molecule has 0 saturated carbocycles. The third-order valence-electron chi connectivity index (χ3n) is 6.91. The van der Waals surface area contributed by atoms with Crippen LogP contribution in [0.15, 0.2) is 121 Å². The second-order valence-electron chi connectivity index (χ2n) is 10.3. The Morgan fingerprint density at radius 2 is 1.44 bits per heavy atom. The summed E-state index contributed by atoms with van der Waals surface area (Å²) < 4.78 is 1.20. The van der Waals surface area contributed by atoms with Crippen LogP contribution in [-0.4, -0.2) is 15.9 Å². The van der Waals surface area contributed by atoms with Gasteiger partial charge in [-0.25, -0.2) is 0 Å². The number of aryl methyl sites for hydroxylation is 2. The molecule has 0 bridgehead atoms. The Balaban J connectivity index is 0.000000475. The molecule has 5 heteroatoms. The number of aliphatic hydroxyl groups excluding tert-OH is 1. The number of ketones is 1. The van der Waals surface area contributed by atoms with Gasteiger partial charge in [-0.1, -0.05) is 78.9 Å². The molecule has 43 heavy (non-hydrogen) atoms. The van der Waals surface area contributed by atoms with Crippen LogP contribution in [0.2, 0.25) is 0 Å². The molecule has 0 atom stereocenters. The van der Waals surface area contributed by atoms with Crippen molar-refractivity contribution in [3.63, 3.8) is 0 Å². The van der Waals surface area contributed by atoms with Gasteiger partial charge in [-0.2, -0.15) is 0 Å². The van der Waals surface area contributed by atoms with Gasteiger partial charge in [-0.3, -0.25) is 9.78 Å². The van der Waals surface area contributed by atoms with Crippen molar-refractivity contribution in [1.29, 1.82) is 0 Å². The minimum Gasteiger partial charge on any atom is -0.512 e. The normalized spacial score (nSPS) is 10.9. The molecular weight excluding hydrogens is 727 g/mol. The van der Waals surface area contributed by atoms with Gasteiger partial charge >= 0.3 is 0 Å². The van der Waals surface area contributed by atoms with E-state index in [1.165, 1.54) is 68.4 Å². The fourth-order valence-electron chi connectivity index (χ4n) is 5.01. The van der Waals surface area contributed by atoms with E-state index in [-0.39, 0.29) is 31.6 Å². The zero-order chi connectivity index (χ0) is 29.6. The van der Waals surface area contributed by atoms with Crippen LogP contribution in [0.1, 0.15) is 25.0 Å². The number of aliphatic hydroxyl groups is 1. The summed E-state index contributed by atoms with van der Waals surface area (Å²) >= 11 is 1.79. The van der Waals surface area contributed by atoms with E-state index in [0.717, 1.165) is 16.8 Å². The first kappa shape index (κ1) is 31.8. The summed E-state index contributed by atoms with van der Waals surface area (Å²) in [6.45, 7) is 7.21. The molecule has 4 aromatic carbocycles. The van der Waals surface area contributed by atoms with Gasteiger partial charge in [0.1, 0.15) is 0 Å². The number of hydrogen-bond donors (Lipinski definition) is 1. The number of benzene rings is 4. The second kappa shape index (κ2) is 14.3. The Labute approximate surface area is 271 Å². The Hall–Kier alpha value is -4.15. The predicted octanol–water partition coefficient (Wildman–Crippen LogP) is 10.4. The van der Waals surface area contributed by atoms with Crippen molar-refractivity contribution in [2.24, 2.45) is 0 Å². The van der Waals surface area contributed by atoms with Crippen LogP contribution < -0.4 is 0 Å². The summed E-state index contributed by atoms with van der Waals surface area (Å²) in [7, 11) is 0. The second-order valence-corrected chi connectivity index (χ2v) is 11.4. The van der Waals surface area contributed by atoms with Crippen molar-refractivity contribution in [3.8, 4) is 44.0 Å². The number of aromatic nitrogens is 1. The number of thiophene rings is 1. The number of fused-ring (bicyclic) bond motifs is 1. The van der Waals surface area contributed by atoms with Gasteiger partial charge < -0.3 is 5.11 Å². The molecule has 2 heterocycles. The first-order valence-electron chi connectivity index (χ1n) is 13.8. The molecule has 0 spiro atoms. The van der Waals surface area contributed by atoms with E-state index in [0.29, 0.717) is 0 Å². The molecule has 0 aliphatic carbocycles. The third kappa shape index (κ3) is 7.82. The Morgan fingerprint density at radius 1 is 0.767 bits per heavy atom. The monoisotopic (exact) mass is 759 g/mol. The molecule has 0 aliphatic rings. The van der Waals surface area contributed by atoms with Gasteiger partial charge in [0.05, 0.1) is 16.0 Å². The predicted molar refractivity (Wildman–Crippen MR) is 177 cm³/mol. The first-order chi connectivity index (χ1) is 20.3.